The molecule has 7 nitrogen and oxygen atoms in total. The Balaban J connectivity index is 1.73. The monoisotopic (exact) mass is 353 g/mol. The second-order valence-corrected chi connectivity index (χ2v) is 5.79. The van der Waals surface area contributed by atoms with Crippen molar-refractivity contribution < 1.29 is 19.0 Å². The van der Waals surface area contributed by atoms with Crippen LogP contribution in [0, 0.1) is 0 Å². The van der Waals surface area contributed by atoms with Crippen molar-refractivity contribution in [2.24, 2.45) is 0 Å². The zero-order valence-electron chi connectivity index (χ0n) is 13.9. The number of benzene rings is 1. The van der Waals surface area contributed by atoms with Crippen LogP contribution in [0.4, 0.5) is 0 Å². The molecular formula is C16H23N3O4S. The van der Waals surface area contributed by atoms with Crippen LogP contribution in [0.5, 0.6) is 11.5 Å². The zero-order chi connectivity index (χ0) is 17.4. The van der Waals surface area contributed by atoms with Gasteiger partial charge < -0.3 is 19.5 Å². The van der Waals surface area contributed by atoms with Gasteiger partial charge in [0.25, 0.3) is 0 Å². The Morgan fingerprint density at radius 2 is 2.08 bits per heavy atom. The molecule has 0 radical (unpaired) electrons. The zero-order valence-corrected chi connectivity index (χ0v) is 14.7. The average molecular weight is 353 g/mol. The van der Waals surface area contributed by atoms with E-state index in [1.54, 1.807) is 26.4 Å². The number of thiocarbonyl (C=S) groups is 1. The average Bonchev–Trinajstić information content (AvgIpc) is 3.11. The lowest BCUT2D eigenvalue weighted by atomic mass is 10.1. The highest BCUT2D eigenvalue weighted by molar-refractivity contribution is 7.80. The Hall–Kier alpha value is -2.06. The van der Waals surface area contributed by atoms with Crippen molar-refractivity contribution in [1.29, 1.82) is 0 Å². The molecule has 1 fully saturated rings. The Morgan fingerprint density at radius 3 is 2.75 bits per heavy atom. The van der Waals surface area contributed by atoms with Gasteiger partial charge in [-0.3, -0.25) is 15.6 Å². The first-order valence-corrected chi connectivity index (χ1v) is 8.18. The Morgan fingerprint density at radius 1 is 1.29 bits per heavy atom. The number of carbonyl (C=O) groups excluding carboxylic acids is 1. The predicted molar refractivity (Wildman–Crippen MR) is 94.1 cm³/mol. The maximum atomic E-state index is 12.0. The number of rotatable bonds is 6. The minimum absolute atomic E-state index is 0.187. The highest BCUT2D eigenvalue weighted by Gasteiger charge is 2.15. The van der Waals surface area contributed by atoms with Crippen molar-refractivity contribution >= 4 is 23.2 Å². The van der Waals surface area contributed by atoms with Gasteiger partial charge in [-0.15, -0.1) is 0 Å². The third kappa shape index (κ3) is 5.54. The lowest BCUT2D eigenvalue weighted by Gasteiger charge is -2.14. The van der Waals surface area contributed by atoms with Gasteiger partial charge in [0.1, 0.15) is 0 Å². The number of carbonyl (C=O) groups is 1. The Kier molecular flexibility index (Phi) is 7.07. The lowest BCUT2D eigenvalue weighted by Crippen LogP contribution is -2.48. The molecule has 24 heavy (non-hydrogen) atoms. The van der Waals surface area contributed by atoms with Crippen molar-refractivity contribution in [3.63, 3.8) is 0 Å². The normalized spacial score (nSPS) is 16.3. The molecule has 1 saturated heterocycles. The van der Waals surface area contributed by atoms with Crippen molar-refractivity contribution in [3.05, 3.63) is 23.8 Å². The topological polar surface area (TPSA) is 80.9 Å². The fraction of sp³-hybridized carbons (Fsp3) is 0.500. The van der Waals surface area contributed by atoms with Crippen LogP contribution in [0.15, 0.2) is 18.2 Å². The summed E-state index contributed by atoms with van der Waals surface area (Å²) < 4.78 is 15.9. The second kappa shape index (κ2) is 9.29. The van der Waals surface area contributed by atoms with E-state index in [9.17, 15) is 4.79 Å². The molecule has 0 bridgehead atoms. The summed E-state index contributed by atoms with van der Waals surface area (Å²) in [4.78, 5) is 12.0. The number of hydrazine groups is 1. The minimum Gasteiger partial charge on any atom is -0.493 e. The van der Waals surface area contributed by atoms with Gasteiger partial charge >= 0.3 is 0 Å². The van der Waals surface area contributed by atoms with Crippen molar-refractivity contribution in [3.8, 4) is 11.5 Å². The molecule has 3 N–H and O–H groups in total. The quantitative estimate of drug-likeness (QED) is 0.518. The molecule has 1 aromatic carbocycles. The fourth-order valence-electron chi connectivity index (χ4n) is 2.40. The van der Waals surface area contributed by atoms with Crippen molar-refractivity contribution in [1.82, 2.24) is 16.2 Å². The summed E-state index contributed by atoms with van der Waals surface area (Å²) in [6.45, 7) is 1.44. The Labute approximate surface area is 147 Å². The Bertz CT molecular complexity index is 576. The third-order valence-corrected chi connectivity index (χ3v) is 3.89. The highest BCUT2D eigenvalue weighted by atomic mass is 32.1. The van der Waals surface area contributed by atoms with E-state index in [0.29, 0.717) is 23.2 Å². The number of methoxy groups -OCH3 is 2. The molecule has 1 atom stereocenters. The molecular weight excluding hydrogens is 330 g/mol. The second-order valence-electron chi connectivity index (χ2n) is 5.38. The molecule has 0 aliphatic carbocycles. The number of hydrogen-bond donors (Lipinski definition) is 3. The van der Waals surface area contributed by atoms with Crippen molar-refractivity contribution in [2.45, 2.75) is 25.4 Å². The van der Waals surface area contributed by atoms with Crippen LogP contribution in [0.25, 0.3) is 0 Å². The van der Waals surface area contributed by atoms with Crippen LogP contribution in [-0.4, -0.2) is 44.5 Å². The number of nitrogens with one attached hydrogen (secondary N) is 3. The van der Waals surface area contributed by atoms with Crippen LogP contribution in [0.1, 0.15) is 18.4 Å². The van der Waals surface area contributed by atoms with E-state index in [1.165, 1.54) is 0 Å². The maximum Gasteiger partial charge on any atom is 0.242 e. The summed E-state index contributed by atoms with van der Waals surface area (Å²) in [7, 11) is 3.13. The molecule has 0 spiro atoms. The minimum atomic E-state index is -0.205. The first-order valence-electron chi connectivity index (χ1n) is 7.77. The molecule has 1 amide bonds. The standard InChI is InChI=1S/C16H23N3O4S/c1-21-13-6-5-11(8-14(13)22-2)9-15(20)18-19-16(24)17-10-12-4-3-7-23-12/h5-6,8,12H,3-4,7,9-10H2,1-2H3,(H,18,20)(H2,17,19,24)/t12-/m0/s1. The van der Waals surface area contributed by atoms with Gasteiger partial charge in [0.2, 0.25) is 5.91 Å². The largest absolute Gasteiger partial charge is 0.493 e. The molecule has 132 valence electrons. The van der Waals surface area contributed by atoms with Crippen LogP contribution in [-0.2, 0) is 16.0 Å². The first kappa shape index (κ1) is 18.3. The molecule has 2 rings (SSSR count). The van der Waals surface area contributed by atoms with E-state index in [1.807, 2.05) is 6.07 Å². The van der Waals surface area contributed by atoms with Gasteiger partial charge in [0, 0.05) is 13.2 Å². The van der Waals surface area contributed by atoms with E-state index in [2.05, 4.69) is 16.2 Å². The van der Waals surface area contributed by atoms with Gasteiger partial charge in [-0.2, -0.15) is 0 Å². The fourth-order valence-corrected chi connectivity index (χ4v) is 2.54. The van der Waals surface area contributed by atoms with Gasteiger partial charge in [0.05, 0.1) is 26.7 Å². The van der Waals surface area contributed by atoms with Crippen molar-refractivity contribution in [2.75, 3.05) is 27.4 Å². The van der Waals surface area contributed by atoms with E-state index in [4.69, 9.17) is 26.4 Å². The van der Waals surface area contributed by atoms with Gasteiger partial charge in [-0.25, -0.2) is 0 Å². The molecule has 1 aromatic rings. The summed E-state index contributed by atoms with van der Waals surface area (Å²) in [5.41, 5.74) is 6.06. The summed E-state index contributed by atoms with van der Waals surface area (Å²) >= 11 is 5.11. The molecule has 0 aromatic heterocycles. The SMILES string of the molecule is COc1ccc(CC(=O)NNC(=S)NC[C@@H]2CCCO2)cc1OC. The highest BCUT2D eigenvalue weighted by Crippen LogP contribution is 2.27. The molecule has 1 heterocycles. The smallest absolute Gasteiger partial charge is 0.242 e. The van der Waals surface area contributed by atoms with Gasteiger partial charge in [-0.1, -0.05) is 6.07 Å². The molecule has 1 aliphatic heterocycles. The lowest BCUT2D eigenvalue weighted by molar-refractivity contribution is -0.121. The summed E-state index contributed by atoms with van der Waals surface area (Å²) in [6, 6.07) is 5.35. The number of amides is 1. The molecule has 8 heteroatoms. The first-order chi connectivity index (χ1) is 11.6. The number of ether oxygens (including phenoxy) is 3. The van der Waals surface area contributed by atoms with E-state index in [-0.39, 0.29) is 18.4 Å². The maximum absolute atomic E-state index is 12.0. The molecule has 1 aliphatic rings. The number of hydrogen-bond acceptors (Lipinski definition) is 5. The van der Waals surface area contributed by atoms with E-state index in [0.717, 1.165) is 25.0 Å². The summed E-state index contributed by atoms with van der Waals surface area (Å²) in [5.74, 6) is 1.01. The van der Waals surface area contributed by atoms with Crippen LogP contribution < -0.4 is 25.6 Å². The molecule has 0 unspecified atom stereocenters. The van der Waals surface area contributed by atoms with Crippen LogP contribution in [0.2, 0.25) is 0 Å². The predicted octanol–water partition coefficient (Wildman–Crippen LogP) is 0.921. The van der Waals surface area contributed by atoms with Crippen LogP contribution in [0.3, 0.4) is 0 Å². The van der Waals surface area contributed by atoms with E-state index < -0.39 is 0 Å². The van der Waals surface area contributed by atoms with E-state index >= 15 is 0 Å². The van der Waals surface area contributed by atoms with Crippen LogP contribution >= 0.6 is 12.2 Å². The third-order valence-electron chi connectivity index (χ3n) is 3.64. The molecule has 0 saturated carbocycles. The van der Waals surface area contributed by atoms with Gasteiger partial charge in [-0.05, 0) is 42.8 Å². The summed E-state index contributed by atoms with van der Waals surface area (Å²) in [5, 5.41) is 3.39. The van der Waals surface area contributed by atoms with Gasteiger partial charge in [0.15, 0.2) is 16.6 Å². The summed E-state index contributed by atoms with van der Waals surface area (Å²) in [6.07, 6.45) is 2.49.